The highest BCUT2D eigenvalue weighted by Crippen LogP contribution is 2.29. The second kappa shape index (κ2) is 6.27. The molecule has 2 fully saturated rings. The second-order valence-corrected chi connectivity index (χ2v) is 8.93. The number of hydrogen-bond donors (Lipinski definition) is 1. The summed E-state index contributed by atoms with van der Waals surface area (Å²) in [5, 5.41) is 1.74. The zero-order valence-corrected chi connectivity index (χ0v) is 14.0. The van der Waals surface area contributed by atoms with E-state index < -0.39 is 16.1 Å². The molecule has 0 aliphatic carbocycles. The standard InChI is InChI=1S/C14H21N3O3S2/c15-11-5-8-16(9-6-11)14(18)12-3-1-7-17(12)22(19,20)13-4-2-10-21-13/h2,4,10-12H,1,3,5-9,15H2. The fourth-order valence-electron chi connectivity index (χ4n) is 3.13. The topological polar surface area (TPSA) is 83.7 Å². The van der Waals surface area contributed by atoms with E-state index in [9.17, 15) is 13.2 Å². The van der Waals surface area contributed by atoms with Gasteiger partial charge in [-0.25, -0.2) is 8.42 Å². The lowest BCUT2D eigenvalue weighted by atomic mass is 10.0. The van der Waals surface area contributed by atoms with Crippen LogP contribution in [0.15, 0.2) is 21.7 Å². The highest BCUT2D eigenvalue weighted by molar-refractivity contribution is 7.91. The van der Waals surface area contributed by atoms with Crippen LogP contribution in [0.5, 0.6) is 0 Å². The SMILES string of the molecule is NC1CCN(C(=O)C2CCCN2S(=O)(=O)c2cccs2)CC1. The predicted octanol–water partition coefficient (Wildman–Crippen LogP) is 0.851. The van der Waals surface area contributed by atoms with Gasteiger partial charge in [0.1, 0.15) is 10.3 Å². The average molecular weight is 343 g/mol. The third-order valence-corrected chi connectivity index (χ3v) is 7.68. The zero-order valence-electron chi connectivity index (χ0n) is 12.3. The van der Waals surface area contributed by atoms with E-state index in [1.165, 1.54) is 15.6 Å². The Morgan fingerprint density at radius 2 is 1.95 bits per heavy atom. The number of nitrogens with zero attached hydrogens (tertiary/aromatic N) is 2. The lowest BCUT2D eigenvalue weighted by Gasteiger charge is -2.34. The number of piperidine rings is 1. The van der Waals surface area contributed by atoms with E-state index in [-0.39, 0.29) is 11.9 Å². The molecule has 0 saturated carbocycles. The molecular formula is C14H21N3O3S2. The first-order chi connectivity index (χ1) is 10.5. The molecule has 0 spiro atoms. The normalized spacial score (nSPS) is 24.8. The summed E-state index contributed by atoms with van der Waals surface area (Å²) in [6.07, 6.45) is 2.91. The Labute approximate surface area is 134 Å². The molecule has 22 heavy (non-hydrogen) atoms. The number of hydrogen-bond acceptors (Lipinski definition) is 5. The third-order valence-electron chi connectivity index (χ3n) is 4.40. The first-order valence-electron chi connectivity index (χ1n) is 7.60. The molecule has 8 heteroatoms. The predicted molar refractivity (Wildman–Crippen MR) is 85.0 cm³/mol. The van der Waals surface area contributed by atoms with Gasteiger partial charge in [-0.2, -0.15) is 4.31 Å². The molecule has 2 aliphatic rings. The first kappa shape index (κ1) is 15.9. The number of rotatable bonds is 3. The molecule has 1 amide bonds. The molecule has 122 valence electrons. The van der Waals surface area contributed by atoms with Crippen molar-refractivity contribution in [2.75, 3.05) is 19.6 Å². The fraction of sp³-hybridized carbons (Fsp3) is 0.643. The minimum absolute atomic E-state index is 0.0652. The Bertz CT molecular complexity index is 622. The van der Waals surface area contributed by atoms with Crippen LogP contribution in [0.3, 0.4) is 0 Å². The van der Waals surface area contributed by atoms with Crippen LogP contribution in [-0.2, 0) is 14.8 Å². The summed E-state index contributed by atoms with van der Waals surface area (Å²) < 4.78 is 27.1. The van der Waals surface area contributed by atoms with Gasteiger partial charge in [0, 0.05) is 25.7 Å². The quantitative estimate of drug-likeness (QED) is 0.882. The van der Waals surface area contributed by atoms with Gasteiger partial charge in [0.2, 0.25) is 5.91 Å². The second-order valence-electron chi connectivity index (χ2n) is 5.87. The van der Waals surface area contributed by atoms with Crippen LogP contribution in [0.2, 0.25) is 0 Å². The van der Waals surface area contributed by atoms with Crippen molar-refractivity contribution < 1.29 is 13.2 Å². The van der Waals surface area contributed by atoms with Gasteiger partial charge in [0.25, 0.3) is 10.0 Å². The van der Waals surface area contributed by atoms with Gasteiger partial charge in [0.05, 0.1) is 0 Å². The molecule has 3 rings (SSSR count). The van der Waals surface area contributed by atoms with Gasteiger partial charge >= 0.3 is 0 Å². The zero-order chi connectivity index (χ0) is 15.7. The van der Waals surface area contributed by atoms with E-state index in [2.05, 4.69) is 0 Å². The van der Waals surface area contributed by atoms with Crippen LogP contribution >= 0.6 is 11.3 Å². The third kappa shape index (κ3) is 2.92. The maximum Gasteiger partial charge on any atom is 0.253 e. The molecule has 6 nitrogen and oxygen atoms in total. The van der Waals surface area contributed by atoms with Crippen molar-refractivity contribution in [1.29, 1.82) is 0 Å². The summed E-state index contributed by atoms with van der Waals surface area (Å²) in [7, 11) is -3.56. The summed E-state index contributed by atoms with van der Waals surface area (Å²) in [6, 6.07) is 2.91. The summed E-state index contributed by atoms with van der Waals surface area (Å²) in [6.45, 7) is 1.68. The lowest BCUT2D eigenvalue weighted by Crippen LogP contribution is -2.51. The Balaban J connectivity index is 1.77. The Morgan fingerprint density at radius 3 is 2.59 bits per heavy atom. The largest absolute Gasteiger partial charge is 0.341 e. The molecule has 0 radical (unpaired) electrons. The van der Waals surface area contributed by atoms with Gasteiger partial charge in [0.15, 0.2) is 0 Å². The van der Waals surface area contributed by atoms with Crippen molar-refractivity contribution in [3.63, 3.8) is 0 Å². The van der Waals surface area contributed by atoms with Crippen molar-refractivity contribution in [2.45, 2.75) is 42.0 Å². The van der Waals surface area contributed by atoms with Crippen molar-refractivity contribution in [2.24, 2.45) is 5.73 Å². The Kier molecular flexibility index (Phi) is 4.54. The minimum atomic E-state index is -3.56. The van der Waals surface area contributed by atoms with Gasteiger partial charge in [-0.3, -0.25) is 4.79 Å². The number of thiophene rings is 1. The van der Waals surface area contributed by atoms with E-state index in [0.29, 0.717) is 30.3 Å². The summed E-state index contributed by atoms with van der Waals surface area (Å²) in [4.78, 5) is 14.5. The van der Waals surface area contributed by atoms with Gasteiger partial charge in [-0.05, 0) is 37.1 Å². The van der Waals surface area contributed by atoms with E-state index in [1.807, 2.05) is 0 Å². The van der Waals surface area contributed by atoms with E-state index in [0.717, 1.165) is 19.3 Å². The number of carbonyl (C=O) groups excluding carboxylic acids is 1. The summed E-state index contributed by atoms with van der Waals surface area (Å²) in [5.74, 6) is -0.0652. The molecular weight excluding hydrogens is 322 g/mol. The lowest BCUT2D eigenvalue weighted by molar-refractivity contribution is -0.135. The molecule has 1 atom stereocenters. The molecule has 2 aliphatic heterocycles. The molecule has 2 N–H and O–H groups in total. The van der Waals surface area contributed by atoms with Crippen LogP contribution in [-0.4, -0.2) is 55.2 Å². The molecule has 2 saturated heterocycles. The molecule has 3 heterocycles. The number of amides is 1. The number of likely N-dealkylation sites (tertiary alicyclic amines) is 1. The van der Waals surface area contributed by atoms with Gasteiger partial charge in [-0.15, -0.1) is 11.3 Å². The molecule has 0 bridgehead atoms. The number of sulfonamides is 1. The van der Waals surface area contributed by atoms with Crippen LogP contribution in [0.1, 0.15) is 25.7 Å². The van der Waals surface area contributed by atoms with Gasteiger partial charge < -0.3 is 10.6 Å². The van der Waals surface area contributed by atoms with Crippen molar-refractivity contribution in [3.05, 3.63) is 17.5 Å². The highest BCUT2D eigenvalue weighted by Gasteiger charge is 2.41. The van der Waals surface area contributed by atoms with Gasteiger partial charge in [-0.1, -0.05) is 6.07 Å². The average Bonchev–Trinajstić information content (AvgIpc) is 3.19. The molecule has 1 aromatic rings. The Morgan fingerprint density at radius 1 is 1.23 bits per heavy atom. The monoisotopic (exact) mass is 343 g/mol. The maximum absolute atomic E-state index is 12.7. The first-order valence-corrected chi connectivity index (χ1v) is 9.92. The van der Waals surface area contributed by atoms with Crippen molar-refractivity contribution in [1.82, 2.24) is 9.21 Å². The van der Waals surface area contributed by atoms with Crippen LogP contribution in [0.4, 0.5) is 0 Å². The van der Waals surface area contributed by atoms with Crippen LogP contribution in [0, 0.1) is 0 Å². The summed E-state index contributed by atoms with van der Waals surface area (Å²) >= 11 is 1.20. The van der Waals surface area contributed by atoms with E-state index in [4.69, 9.17) is 5.73 Å². The van der Waals surface area contributed by atoms with E-state index in [1.54, 1.807) is 22.4 Å². The Hall–Kier alpha value is -0.960. The van der Waals surface area contributed by atoms with E-state index >= 15 is 0 Å². The summed E-state index contributed by atoms with van der Waals surface area (Å²) in [5.41, 5.74) is 5.87. The van der Waals surface area contributed by atoms with Crippen molar-refractivity contribution >= 4 is 27.3 Å². The van der Waals surface area contributed by atoms with Crippen LogP contribution < -0.4 is 5.73 Å². The minimum Gasteiger partial charge on any atom is -0.341 e. The molecule has 1 unspecified atom stereocenters. The molecule has 0 aromatic carbocycles. The number of nitrogens with two attached hydrogens (primary N) is 1. The van der Waals surface area contributed by atoms with Crippen LogP contribution in [0.25, 0.3) is 0 Å². The van der Waals surface area contributed by atoms with Crippen molar-refractivity contribution in [3.8, 4) is 0 Å². The maximum atomic E-state index is 12.7. The smallest absolute Gasteiger partial charge is 0.253 e. The highest BCUT2D eigenvalue weighted by atomic mass is 32.2. The number of carbonyl (C=O) groups is 1. The fourth-order valence-corrected chi connectivity index (χ4v) is 5.90. The molecule has 1 aromatic heterocycles.